The molecule has 1 aromatic heterocycles. The van der Waals surface area contributed by atoms with E-state index in [4.69, 9.17) is 0 Å². The first-order valence-corrected chi connectivity index (χ1v) is 9.58. The van der Waals surface area contributed by atoms with Gasteiger partial charge < -0.3 is 15.5 Å². The molecule has 1 aromatic carbocycles. The van der Waals surface area contributed by atoms with Gasteiger partial charge in [0.25, 0.3) is 0 Å². The van der Waals surface area contributed by atoms with Gasteiger partial charge in [-0.3, -0.25) is 4.98 Å². The fourth-order valence-electron chi connectivity index (χ4n) is 3.96. The van der Waals surface area contributed by atoms with Crippen molar-refractivity contribution in [3.63, 3.8) is 0 Å². The highest BCUT2D eigenvalue weighted by Gasteiger charge is 2.35. The van der Waals surface area contributed by atoms with E-state index in [1.54, 1.807) is 12.1 Å². The molecule has 1 aliphatic carbocycles. The number of fused-ring (bicyclic) bond motifs is 1. The zero-order valence-electron chi connectivity index (χ0n) is 15.6. The van der Waals surface area contributed by atoms with Crippen molar-refractivity contribution in [3.05, 3.63) is 36.0 Å². The molecule has 5 nitrogen and oxygen atoms in total. The summed E-state index contributed by atoms with van der Waals surface area (Å²) in [7, 11) is 0. The number of pyridine rings is 1. The highest BCUT2D eigenvalue weighted by molar-refractivity contribution is 5.94. The Morgan fingerprint density at radius 3 is 2.61 bits per heavy atom. The van der Waals surface area contributed by atoms with Gasteiger partial charge in [-0.2, -0.15) is 13.2 Å². The number of amides is 2. The van der Waals surface area contributed by atoms with E-state index in [0.29, 0.717) is 17.8 Å². The van der Waals surface area contributed by atoms with Crippen LogP contribution in [0, 0.1) is 5.92 Å². The van der Waals surface area contributed by atoms with Gasteiger partial charge in [-0.25, -0.2) is 4.79 Å². The zero-order valence-corrected chi connectivity index (χ0v) is 15.6. The van der Waals surface area contributed by atoms with E-state index in [2.05, 4.69) is 27.4 Å². The van der Waals surface area contributed by atoms with Gasteiger partial charge in [0, 0.05) is 42.4 Å². The van der Waals surface area contributed by atoms with Crippen LogP contribution in [0.2, 0.25) is 0 Å². The van der Waals surface area contributed by atoms with Crippen LogP contribution < -0.4 is 15.5 Å². The van der Waals surface area contributed by atoms with Crippen molar-refractivity contribution in [1.82, 2.24) is 15.6 Å². The number of rotatable bonds is 3. The molecule has 2 atom stereocenters. The second-order valence-electron chi connectivity index (χ2n) is 7.86. The molecular formula is C20H23F3N4O. The minimum atomic E-state index is -4.45. The van der Waals surface area contributed by atoms with Crippen LogP contribution in [0.5, 0.6) is 0 Å². The maximum Gasteiger partial charge on any atom is 0.418 e. The van der Waals surface area contributed by atoms with Crippen molar-refractivity contribution >= 4 is 22.6 Å². The minimum absolute atomic E-state index is 0.0401. The lowest BCUT2D eigenvalue weighted by atomic mass is 9.94. The number of hydrogen-bond acceptors (Lipinski definition) is 3. The van der Waals surface area contributed by atoms with E-state index >= 15 is 0 Å². The van der Waals surface area contributed by atoms with Crippen molar-refractivity contribution in [2.45, 2.75) is 44.4 Å². The molecule has 2 aliphatic rings. The molecule has 2 N–H and O–H groups in total. The molecule has 1 saturated heterocycles. The number of halogens is 3. The lowest BCUT2D eigenvalue weighted by Crippen LogP contribution is -2.53. The Balaban J connectivity index is 1.60. The summed E-state index contributed by atoms with van der Waals surface area (Å²) in [4.78, 5) is 18.2. The van der Waals surface area contributed by atoms with Gasteiger partial charge in [0.15, 0.2) is 0 Å². The molecule has 2 heterocycles. The van der Waals surface area contributed by atoms with E-state index in [1.807, 2.05) is 0 Å². The average Bonchev–Trinajstić information content (AvgIpc) is 3.43. The Morgan fingerprint density at radius 1 is 1.14 bits per heavy atom. The number of nitrogens with zero attached hydrogens (tertiary/aromatic N) is 2. The van der Waals surface area contributed by atoms with Crippen molar-refractivity contribution in [2.75, 3.05) is 18.0 Å². The summed E-state index contributed by atoms with van der Waals surface area (Å²) in [5.74, 6) is 0.300. The summed E-state index contributed by atoms with van der Waals surface area (Å²) in [5, 5.41) is 6.42. The number of carbonyl (C=O) groups is 1. The number of piperidine rings is 1. The number of urea groups is 1. The monoisotopic (exact) mass is 392 g/mol. The van der Waals surface area contributed by atoms with Crippen molar-refractivity contribution in [1.29, 1.82) is 0 Å². The number of hydrogen-bond donors (Lipinski definition) is 2. The number of aromatic nitrogens is 1. The number of carbonyl (C=O) groups excluding carboxylic acids is 1. The number of anilines is 1. The molecule has 0 spiro atoms. The van der Waals surface area contributed by atoms with Crippen LogP contribution in [-0.4, -0.2) is 36.2 Å². The highest BCUT2D eigenvalue weighted by Crippen LogP contribution is 2.38. The quantitative estimate of drug-likeness (QED) is 0.832. The summed E-state index contributed by atoms with van der Waals surface area (Å²) in [6.07, 6.45) is -0.195. The van der Waals surface area contributed by atoms with Crippen LogP contribution >= 0.6 is 0 Å². The molecule has 8 heteroatoms. The molecule has 0 bridgehead atoms. The van der Waals surface area contributed by atoms with Gasteiger partial charge in [-0.1, -0.05) is 6.92 Å². The first-order valence-electron chi connectivity index (χ1n) is 9.58. The van der Waals surface area contributed by atoms with Crippen LogP contribution in [0.15, 0.2) is 30.5 Å². The molecule has 2 amide bonds. The third-order valence-corrected chi connectivity index (χ3v) is 5.30. The number of benzene rings is 1. The third-order valence-electron chi connectivity index (χ3n) is 5.30. The van der Waals surface area contributed by atoms with Crippen molar-refractivity contribution < 1.29 is 18.0 Å². The van der Waals surface area contributed by atoms with Crippen LogP contribution in [0.4, 0.5) is 23.7 Å². The third kappa shape index (κ3) is 4.00. The molecule has 2 aromatic rings. The van der Waals surface area contributed by atoms with Crippen LogP contribution in [0.1, 0.15) is 31.7 Å². The summed E-state index contributed by atoms with van der Waals surface area (Å²) >= 11 is 0. The average molecular weight is 392 g/mol. The predicted molar refractivity (Wildman–Crippen MR) is 101 cm³/mol. The standard InChI is InChI=1S/C20H23F3N4O/c1-12-9-14(26-19(28)25-13-4-5-13)11-27(10-12)17-7-6-16(20(21,22)23)18-15(17)3-2-8-24-18/h2-3,6-8,12-14H,4-5,9-11H2,1H3,(H2,25,26,28)/t12-,14+/m0/s1. The molecule has 4 rings (SSSR count). The molecule has 0 unspecified atom stereocenters. The summed E-state index contributed by atoms with van der Waals surface area (Å²) in [6.45, 7) is 3.36. The molecule has 0 radical (unpaired) electrons. The van der Waals surface area contributed by atoms with Gasteiger partial charge in [0.2, 0.25) is 0 Å². The number of alkyl halides is 3. The summed E-state index contributed by atoms with van der Waals surface area (Å²) in [5.41, 5.74) is -0.0471. The summed E-state index contributed by atoms with van der Waals surface area (Å²) < 4.78 is 40.1. The topological polar surface area (TPSA) is 57.3 Å². The summed E-state index contributed by atoms with van der Waals surface area (Å²) in [6, 6.07) is 6.00. The maximum atomic E-state index is 13.4. The fourth-order valence-corrected chi connectivity index (χ4v) is 3.96. The van der Waals surface area contributed by atoms with Crippen molar-refractivity contribution in [3.8, 4) is 0 Å². The zero-order chi connectivity index (χ0) is 19.9. The molecule has 150 valence electrons. The van der Waals surface area contributed by atoms with Gasteiger partial charge in [0.1, 0.15) is 0 Å². The molecule has 1 aliphatic heterocycles. The normalized spacial score (nSPS) is 22.9. The number of nitrogens with one attached hydrogen (secondary N) is 2. The van der Waals surface area contributed by atoms with E-state index in [0.717, 1.165) is 37.6 Å². The molecule has 2 fully saturated rings. The molecular weight excluding hydrogens is 369 g/mol. The second kappa shape index (κ2) is 7.14. The van der Waals surface area contributed by atoms with E-state index in [1.165, 1.54) is 12.3 Å². The van der Waals surface area contributed by atoms with Gasteiger partial charge in [-0.15, -0.1) is 0 Å². The first kappa shape index (κ1) is 18.8. The largest absolute Gasteiger partial charge is 0.418 e. The van der Waals surface area contributed by atoms with Gasteiger partial charge >= 0.3 is 12.2 Å². The molecule has 28 heavy (non-hydrogen) atoms. The Bertz CT molecular complexity index is 881. The maximum absolute atomic E-state index is 13.4. The Kier molecular flexibility index (Phi) is 4.81. The minimum Gasteiger partial charge on any atom is -0.369 e. The first-order chi connectivity index (χ1) is 13.3. The van der Waals surface area contributed by atoms with Crippen LogP contribution in [-0.2, 0) is 6.18 Å². The van der Waals surface area contributed by atoms with E-state index in [-0.39, 0.29) is 23.6 Å². The smallest absolute Gasteiger partial charge is 0.369 e. The van der Waals surface area contributed by atoms with Crippen LogP contribution in [0.25, 0.3) is 10.9 Å². The highest BCUT2D eigenvalue weighted by atomic mass is 19.4. The molecule has 1 saturated carbocycles. The van der Waals surface area contributed by atoms with E-state index in [9.17, 15) is 18.0 Å². The Labute approximate surface area is 161 Å². The fraction of sp³-hybridized carbons (Fsp3) is 0.500. The van der Waals surface area contributed by atoms with E-state index < -0.39 is 11.7 Å². The lowest BCUT2D eigenvalue weighted by molar-refractivity contribution is -0.136. The van der Waals surface area contributed by atoms with Crippen molar-refractivity contribution in [2.24, 2.45) is 5.92 Å². The predicted octanol–water partition coefficient (Wildman–Crippen LogP) is 3.93. The SMILES string of the molecule is C[C@H]1C[C@@H](NC(=O)NC2CC2)CN(c2ccc(C(F)(F)F)c3ncccc23)C1. The lowest BCUT2D eigenvalue weighted by Gasteiger charge is -2.38. The van der Waals surface area contributed by atoms with Gasteiger partial charge in [0.05, 0.1) is 11.1 Å². The van der Waals surface area contributed by atoms with Crippen LogP contribution in [0.3, 0.4) is 0 Å². The Morgan fingerprint density at radius 2 is 1.89 bits per heavy atom. The Hall–Kier alpha value is -2.51. The second-order valence-corrected chi connectivity index (χ2v) is 7.86. The van der Waals surface area contributed by atoms with Gasteiger partial charge in [-0.05, 0) is 49.4 Å².